The van der Waals surface area contributed by atoms with Crippen LogP contribution in [-0.4, -0.2) is 35.6 Å². The zero-order valence-electron chi connectivity index (χ0n) is 9.74. The van der Waals surface area contributed by atoms with E-state index in [-0.39, 0.29) is 0 Å². The molecule has 0 aromatic carbocycles. The molecule has 0 unspecified atom stereocenters. The maximum Gasteiger partial charge on any atom is 0.429 e. The molecule has 0 aromatic rings. The van der Waals surface area contributed by atoms with Gasteiger partial charge in [0.25, 0.3) is 5.60 Å². The highest BCUT2D eigenvalue weighted by Gasteiger charge is 2.71. The van der Waals surface area contributed by atoms with E-state index in [1.807, 2.05) is 0 Å². The van der Waals surface area contributed by atoms with Crippen molar-refractivity contribution in [3.63, 3.8) is 0 Å². The molecule has 18 heavy (non-hydrogen) atoms. The number of rotatable bonds is 2. The molecule has 0 amide bonds. The zero-order valence-corrected chi connectivity index (χ0v) is 9.74. The van der Waals surface area contributed by atoms with Gasteiger partial charge in [0.05, 0.1) is 5.41 Å². The number of ether oxygens (including phenoxy) is 1. The topological polar surface area (TPSA) is 46.5 Å². The third kappa shape index (κ3) is 3.50. The Hall–Kier alpha value is -0.990. The molecule has 0 bridgehead atoms. The lowest BCUT2D eigenvalue weighted by atomic mass is 9.97. The van der Waals surface area contributed by atoms with E-state index < -0.39 is 35.9 Å². The number of aliphatic hydroxyl groups is 1. The van der Waals surface area contributed by atoms with Gasteiger partial charge >= 0.3 is 18.3 Å². The Bertz CT molecular complexity index is 298. The number of halogens is 6. The molecule has 0 spiro atoms. The van der Waals surface area contributed by atoms with Crippen LogP contribution >= 0.6 is 0 Å². The smallest absolute Gasteiger partial charge is 0.429 e. The van der Waals surface area contributed by atoms with Gasteiger partial charge < -0.3 is 9.84 Å². The van der Waals surface area contributed by atoms with Crippen molar-refractivity contribution in [1.29, 1.82) is 0 Å². The average Bonchev–Trinajstić information content (AvgIpc) is 2.07. The van der Waals surface area contributed by atoms with E-state index in [1.165, 1.54) is 20.8 Å². The highest BCUT2D eigenvalue weighted by atomic mass is 19.4. The minimum atomic E-state index is -6.00. The summed E-state index contributed by atoms with van der Waals surface area (Å²) in [6.07, 6.45) is -12.0. The van der Waals surface area contributed by atoms with Crippen molar-refractivity contribution in [2.75, 3.05) is 6.61 Å². The molecule has 0 saturated carbocycles. The quantitative estimate of drug-likeness (QED) is 0.625. The van der Waals surface area contributed by atoms with Crippen molar-refractivity contribution in [3.8, 4) is 0 Å². The molecule has 0 aliphatic rings. The Balaban J connectivity index is 5.04. The van der Waals surface area contributed by atoms with Gasteiger partial charge in [-0.25, -0.2) is 0 Å². The average molecular weight is 282 g/mol. The molecule has 0 radical (unpaired) electrons. The Morgan fingerprint density at radius 2 is 1.33 bits per heavy atom. The van der Waals surface area contributed by atoms with Gasteiger partial charge in [0.1, 0.15) is 6.61 Å². The minimum Gasteiger partial charge on any atom is -0.461 e. The molecule has 0 atom stereocenters. The largest absolute Gasteiger partial charge is 0.461 e. The molecule has 108 valence electrons. The summed E-state index contributed by atoms with van der Waals surface area (Å²) in [7, 11) is 0. The van der Waals surface area contributed by atoms with Gasteiger partial charge in [-0.3, -0.25) is 4.79 Å². The summed E-state index contributed by atoms with van der Waals surface area (Å²) in [6, 6.07) is 0. The van der Waals surface area contributed by atoms with Crippen molar-refractivity contribution in [2.45, 2.75) is 38.7 Å². The van der Waals surface area contributed by atoms with Crippen LogP contribution in [0.1, 0.15) is 20.8 Å². The van der Waals surface area contributed by atoms with Crippen LogP contribution < -0.4 is 0 Å². The molecular formula is C9H12F6O3. The van der Waals surface area contributed by atoms with Crippen LogP contribution in [-0.2, 0) is 9.53 Å². The Morgan fingerprint density at radius 3 is 1.56 bits per heavy atom. The van der Waals surface area contributed by atoms with Crippen LogP contribution in [0.3, 0.4) is 0 Å². The minimum absolute atomic E-state index is 1.25. The standard InChI is InChI=1S/C9H12F6O3/c1-6(2,3)5(16)18-4-7(17,8(10,11)12)9(13,14)15/h17H,4H2,1-3H3. The van der Waals surface area contributed by atoms with Crippen LogP contribution in [0.15, 0.2) is 0 Å². The first-order chi connectivity index (χ1) is 7.63. The summed E-state index contributed by atoms with van der Waals surface area (Å²) in [5.41, 5.74) is -6.35. The molecule has 9 heteroatoms. The molecule has 0 aromatic heterocycles. The highest BCUT2D eigenvalue weighted by Crippen LogP contribution is 2.43. The lowest BCUT2D eigenvalue weighted by Crippen LogP contribution is -2.60. The SMILES string of the molecule is CC(C)(C)C(=O)OCC(O)(C(F)(F)F)C(F)(F)F. The second-order valence-corrected chi connectivity index (χ2v) is 4.68. The van der Waals surface area contributed by atoms with E-state index in [1.54, 1.807) is 0 Å². The Morgan fingerprint density at radius 1 is 1.00 bits per heavy atom. The monoisotopic (exact) mass is 282 g/mol. The third-order valence-corrected chi connectivity index (χ3v) is 1.96. The van der Waals surface area contributed by atoms with Gasteiger partial charge in [-0.2, -0.15) is 26.3 Å². The molecule has 0 aliphatic carbocycles. The van der Waals surface area contributed by atoms with E-state index in [2.05, 4.69) is 4.74 Å². The summed E-state index contributed by atoms with van der Waals surface area (Å²) < 4.78 is 77.0. The highest BCUT2D eigenvalue weighted by molar-refractivity contribution is 5.75. The summed E-state index contributed by atoms with van der Waals surface area (Å²) in [6.45, 7) is 1.51. The molecule has 0 heterocycles. The normalized spacial score (nSPS) is 14.6. The van der Waals surface area contributed by atoms with Crippen LogP contribution in [0, 0.1) is 5.41 Å². The third-order valence-electron chi connectivity index (χ3n) is 1.96. The number of carbonyl (C=O) groups excluding carboxylic acids is 1. The second-order valence-electron chi connectivity index (χ2n) is 4.68. The maximum absolute atomic E-state index is 12.2. The second kappa shape index (κ2) is 4.60. The fourth-order valence-corrected chi connectivity index (χ4v) is 0.711. The Kier molecular flexibility index (Phi) is 4.34. The van der Waals surface area contributed by atoms with Gasteiger partial charge in [-0.05, 0) is 20.8 Å². The first kappa shape index (κ1) is 17.0. The fourth-order valence-electron chi connectivity index (χ4n) is 0.711. The van der Waals surface area contributed by atoms with E-state index in [4.69, 9.17) is 5.11 Å². The molecule has 0 rings (SSSR count). The van der Waals surface area contributed by atoms with Gasteiger partial charge in [0.2, 0.25) is 0 Å². The molecule has 3 nitrogen and oxygen atoms in total. The van der Waals surface area contributed by atoms with Crippen LogP contribution in [0.25, 0.3) is 0 Å². The van der Waals surface area contributed by atoms with E-state index in [0.717, 1.165) is 0 Å². The van der Waals surface area contributed by atoms with Crippen molar-refractivity contribution < 1.29 is 41.0 Å². The molecule has 1 N–H and O–H groups in total. The number of esters is 1. The maximum atomic E-state index is 12.2. The number of hydrogen-bond acceptors (Lipinski definition) is 3. The van der Waals surface area contributed by atoms with E-state index >= 15 is 0 Å². The van der Waals surface area contributed by atoms with E-state index in [9.17, 15) is 31.1 Å². The van der Waals surface area contributed by atoms with Crippen LogP contribution in [0.2, 0.25) is 0 Å². The summed E-state index contributed by atoms with van der Waals surface area (Å²) >= 11 is 0. The number of hydrogen-bond donors (Lipinski definition) is 1. The summed E-state index contributed by atoms with van der Waals surface area (Å²) in [5.74, 6) is -1.28. The predicted octanol–water partition coefficient (Wildman–Crippen LogP) is 2.43. The number of alkyl halides is 6. The van der Waals surface area contributed by atoms with Crippen LogP contribution in [0.5, 0.6) is 0 Å². The van der Waals surface area contributed by atoms with Gasteiger partial charge in [-0.1, -0.05) is 0 Å². The van der Waals surface area contributed by atoms with Gasteiger partial charge in [0.15, 0.2) is 0 Å². The Labute approximate surface area is 98.7 Å². The number of carbonyl (C=O) groups is 1. The van der Waals surface area contributed by atoms with Crippen molar-refractivity contribution in [3.05, 3.63) is 0 Å². The predicted molar refractivity (Wildman–Crippen MR) is 47.5 cm³/mol. The molecule has 0 aliphatic heterocycles. The van der Waals surface area contributed by atoms with Gasteiger partial charge in [0, 0.05) is 0 Å². The summed E-state index contributed by atoms with van der Waals surface area (Å²) in [4.78, 5) is 11.1. The lowest BCUT2D eigenvalue weighted by molar-refractivity contribution is -0.375. The molecule has 0 saturated heterocycles. The lowest BCUT2D eigenvalue weighted by Gasteiger charge is -2.32. The summed E-state index contributed by atoms with van der Waals surface area (Å²) in [5, 5.41) is 8.67. The van der Waals surface area contributed by atoms with Crippen molar-refractivity contribution in [2.24, 2.45) is 5.41 Å². The molecule has 0 fully saturated rings. The fraction of sp³-hybridized carbons (Fsp3) is 0.889. The first-order valence-corrected chi connectivity index (χ1v) is 4.66. The van der Waals surface area contributed by atoms with Crippen LogP contribution in [0.4, 0.5) is 26.3 Å². The molecular weight excluding hydrogens is 270 g/mol. The van der Waals surface area contributed by atoms with Gasteiger partial charge in [-0.15, -0.1) is 0 Å². The first-order valence-electron chi connectivity index (χ1n) is 4.66. The van der Waals surface area contributed by atoms with E-state index in [0.29, 0.717) is 0 Å². The van der Waals surface area contributed by atoms with Crippen molar-refractivity contribution >= 4 is 5.97 Å². The van der Waals surface area contributed by atoms with Crippen molar-refractivity contribution in [1.82, 2.24) is 0 Å². The zero-order chi connectivity index (χ0) is 15.0.